The number of aromatic nitrogens is 4. The monoisotopic (exact) mass is 276 g/mol. The van der Waals surface area contributed by atoms with E-state index < -0.39 is 0 Å². The molecule has 0 radical (unpaired) electrons. The summed E-state index contributed by atoms with van der Waals surface area (Å²) in [5.74, 6) is 0.190. The molecule has 0 aliphatic carbocycles. The lowest BCUT2D eigenvalue weighted by molar-refractivity contribution is 0.628. The van der Waals surface area contributed by atoms with Crippen LogP contribution in [0.15, 0.2) is 54.7 Å². The molecule has 0 fully saturated rings. The third-order valence-electron chi connectivity index (χ3n) is 3.31. The summed E-state index contributed by atoms with van der Waals surface area (Å²) in [7, 11) is 0. The smallest absolute Gasteiger partial charge is 0.182 e. The molecule has 0 saturated heterocycles. The third-order valence-corrected chi connectivity index (χ3v) is 3.31. The summed E-state index contributed by atoms with van der Waals surface area (Å²) in [6, 6.07) is 13.6. The van der Waals surface area contributed by atoms with Crippen molar-refractivity contribution in [2.24, 2.45) is 0 Å². The fourth-order valence-corrected chi connectivity index (χ4v) is 2.28. The van der Waals surface area contributed by atoms with E-state index in [0.29, 0.717) is 11.3 Å². The fourth-order valence-electron chi connectivity index (χ4n) is 2.28. The molecule has 0 saturated carbocycles. The number of fused-ring (bicyclic) bond motifs is 3. The first-order valence-corrected chi connectivity index (χ1v) is 6.45. The Morgan fingerprint density at radius 3 is 2.48 bits per heavy atom. The van der Waals surface area contributed by atoms with Gasteiger partial charge in [-0.3, -0.25) is 4.98 Å². The first-order chi connectivity index (χ1) is 10.3. The van der Waals surface area contributed by atoms with Gasteiger partial charge in [-0.1, -0.05) is 0 Å². The van der Waals surface area contributed by atoms with E-state index in [-0.39, 0.29) is 5.82 Å². The van der Waals surface area contributed by atoms with E-state index >= 15 is 0 Å². The zero-order chi connectivity index (χ0) is 14.2. The van der Waals surface area contributed by atoms with Crippen molar-refractivity contribution in [2.45, 2.75) is 0 Å². The lowest BCUT2D eigenvalue weighted by Crippen LogP contribution is -1.95. The van der Waals surface area contributed by atoms with Crippen LogP contribution in [0.3, 0.4) is 0 Å². The minimum absolute atomic E-state index is 0.287. The number of rotatable bonds is 1. The highest BCUT2D eigenvalue weighted by Gasteiger charge is 2.07. The van der Waals surface area contributed by atoms with Crippen LogP contribution in [-0.2, 0) is 0 Å². The van der Waals surface area contributed by atoms with Crippen molar-refractivity contribution in [3.05, 3.63) is 60.5 Å². The summed E-state index contributed by atoms with van der Waals surface area (Å²) in [5.41, 5.74) is 3.05. The molecule has 100 valence electrons. The molecule has 4 nitrogen and oxygen atoms in total. The topological polar surface area (TPSA) is 51.6 Å². The van der Waals surface area contributed by atoms with Crippen LogP contribution in [0.5, 0.6) is 0 Å². The second-order valence-electron chi connectivity index (χ2n) is 4.65. The Kier molecular flexibility index (Phi) is 2.57. The Labute approximate surface area is 119 Å². The molecule has 2 aromatic carbocycles. The standard InChI is InChI=1S/C16H9FN4/c17-11-5-3-10(4-6-11)16-19-14-8-7-13-12(2-1-9-18-13)15(14)20-21-16/h1-9H. The minimum atomic E-state index is -0.287. The van der Waals surface area contributed by atoms with Crippen LogP contribution in [0.2, 0.25) is 0 Å². The van der Waals surface area contributed by atoms with Crippen LogP contribution >= 0.6 is 0 Å². The number of nitrogens with zero attached hydrogens (tertiary/aromatic N) is 4. The molecule has 21 heavy (non-hydrogen) atoms. The molecule has 0 unspecified atom stereocenters. The third kappa shape index (κ3) is 1.99. The molecule has 0 N–H and O–H groups in total. The number of benzene rings is 2. The second-order valence-corrected chi connectivity index (χ2v) is 4.65. The molecule has 0 spiro atoms. The zero-order valence-electron chi connectivity index (χ0n) is 10.9. The van der Waals surface area contributed by atoms with Gasteiger partial charge in [0.15, 0.2) is 5.82 Å². The van der Waals surface area contributed by atoms with Crippen molar-refractivity contribution in [3.8, 4) is 11.4 Å². The summed E-state index contributed by atoms with van der Waals surface area (Å²) in [6.07, 6.45) is 1.74. The number of hydrogen-bond donors (Lipinski definition) is 0. The normalized spacial score (nSPS) is 11.1. The predicted octanol–water partition coefficient (Wildman–Crippen LogP) is 3.38. The van der Waals surface area contributed by atoms with Crippen LogP contribution in [0.4, 0.5) is 4.39 Å². The maximum Gasteiger partial charge on any atom is 0.182 e. The lowest BCUT2D eigenvalue weighted by atomic mass is 10.1. The highest BCUT2D eigenvalue weighted by molar-refractivity contribution is 6.02. The van der Waals surface area contributed by atoms with Crippen LogP contribution < -0.4 is 0 Å². The van der Waals surface area contributed by atoms with E-state index in [1.54, 1.807) is 18.3 Å². The average Bonchev–Trinajstić information content (AvgIpc) is 2.55. The van der Waals surface area contributed by atoms with Crippen LogP contribution in [-0.4, -0.2) is 20.2 Å². The van der Waals surface area contributed by atoms with Gasteiger partial charge in [-0.2, -0.15) is 0 Å². The van der Waals surface area contributed by atoms with E-state index in [1.807, 2.05) is 24.3 Å². The quantitative estimate of drug-likeness (QED) is 0.500. The van der Waals surface area contributed by atoms with Crippen molar-refractivity contribution >= 4 is 21.9 Å². The van der Waals surface area contributed by atoms with Crippen molar-refractivity contribution in [1.82, 2.24) is 20.2 Å². The second kappa shape index (κ2) is 4.56. The molecule has 0 amide bonds. The summed E-state index contributed by atoms with van der Waals surface area (Å²) in [6.45, 7) is 0. The van der Waals surface area contributed by atoms with Gasteiger partial charge in [0.05, 0.1) is 11.0 Å². The molecule has 0 atom stereocenters. The minimum Gasteiger partial charge on any atom is -0.256 e. The van der Waals surface area contributed by atoms with Gasteiger partial charge in [0.1, 0.15) is 11.3 Å². The fraction of sp³-hybridized carbons (Fsp3) is 0. The highest BCUT2D eigenvalue weighted by Crippen LogP contribution is 2.22. The van der Waals surface area contributed by atoms with Crippen LogP contribution in [0.25, 0.3) is 33.3 Å². The lowest BCUT2D eigenvalue weighted by Gasteiger charge is -2.03. The Morgan fingerprint density at radius 2 is 1.62 bits per heavy atom. The predicted molar refractivity (Wildman–Crippen MR) is 78.0 cm³/mol. The SMILES string of the molecule is Fc1ccc(-c2nnc3c(ccc4ncccc43)n2)cc1. The molecule has 2 aromatic heterocycles. The van der Waals surface area contributed by atoms with Gasteiger partial charge in [0.2, 0.25) is 0 Å². The van der Waals surface area contributed by atoms with Crippen molar-refractivity contribution in [3.63, 3.8) is 0 Å². The van der Waals surface area contributed by atoms with E-state index in [0.717, 1.165) is 22.0 Å². The number of hydrogen-bond acceptors (Lipinski definition) is 4. The van der Waals surface area contributed by atoms with Crippen molar-refractivity contribution < 1.29 is 4.39 Å². The van der Waals surface area contributed by atoms with Gasteiger partial charge in [-0.25, -0.2) is 9.37 Å². The van der Waals surface area contributed by atoms with E-state index in [9.17, 15) is 4.39 Å². The first kappa shape index (κ1) is 11.8. The highest BCUT2D eigenvalue weighted by atomic mass is 19.1. The first-order valence-electron chi connectivity index (χ1n) is 6.45. The van der Waals surface area contributed by atoms with Gasteiger partial charge < -0.3 is 0 Å². The molecular weight excluding hydrogens is 267 g/mol. The Balaban J connectivity index is 1.94. The Morgan fingerprint density at radius 1 is 0.810 bits per heavy atom. The van der Waals surface area contributed by atoms with Gasteiger partial charge in [0.25, 0.3) is 0 Å². The van der Waals surface area contributed by atoms with Crippen LogP contribution in [0, 0.1) is 5.82 Å². The van der Waals surface area contributed by atoms with Gasteiger partial charge in [-0.15, -0.1) is 10.2 Å². The van der Waals surface area contributed by atoms with Gasteiger partial charge >= 0.3 is 0 Å². The van der Waals surface area contributed by atoms with Crippen molar-refractivity contribution in [1.29, 1.82) is 0 Å². The summed E-state index contributed by atoms with van der Waals surface area (Å²) in [4.78, 5) is 8.79. The largest absolute Gasteiger partial charge is 0.256 e. The number of halogens is 1. The summed E-state index contributed by atoms with van der Waals surface area (Å²) >= 11 is 0. The maximum absolute atomic E-state index is 13.0. The molecule has 0 aliphatic heterocycles. The van der Waals surface area contributed by atoms with Gasteiger partial charge in [0, 0.05) is 17.1 Å². The summed E-state index contributed by atoms with van der Waals surface area (Å²) < 4.78 is 13.0. The molecule has 5 heteroatoms. The Hall–Kier alpha value is -2.95. The molecule has 2 heterocycles. The van der Waals surface area contributed by atoms with E-state index in [4.69, 9.17) is 0 Å². The van der Waals surface area contributed by atoms with Crippen molar-refractivity contribution in [2.75, 3.05) is 0 Å². The Bertz CT molecular complexity index is 951. The maximum atomic E-state index is 13.0. The van der Waals surface area contributed by atoms with E-state index in [2.05, 4.69) is 20.2 Å². The van der Waals surface area contributed by atoms with Gasteiger partial charge in [-0.05, 0) is 48.5 Å². The molecule has 4 aromatic rings. The molecule has 0 bridgehead atoms. The zero-order valence-corrected chi connectivity index (χ0v) is 10.9. The molecule has 0 aliphatic rings. The summed E-state index contributed by atoms with van der Waals surface area (Å²) in [5, 5.41) is 9.32. The number of pyridine rings is 1. The van der Waals surface area contributed by atoms with E-state index in [1.165, 1.54) is 12.1 Å². The molecular formula is C16H9FN4. The average molecular weight is 276 g/mol. The molecule has 4 rings (SSSR count). The van der Waals surface area contributed by atoms with Crippen LogP contribution in [0.1, 0.15) is 0 Å².